The molecule has 0 radical (unpaired) electrons. The lowest BCUT2D eigenvalue weighted by molar-refractivity contribution is -0.118. The molecule has 2 aromatic heterocycles. The summed E-state index contributed by atoms with van der Waals surface area (Å²) in [6.45, 7) is 2.68. The maximum absolute atomic E-state index is 10.8. The molecule has 0 bridgehead atoms. The average molecular weight is 277 g/mol. The summed E-state index contributed by atoms with van der Waals surface area (Å²) < 4.78 is 4.16. The summed E-state index contributed by atoms with van der Waals surface area (Å²) in [6.07, 6.45) is 3.43. The highest BCUT2D eigenvalue weighted by atomic mass is 32.1. The van der Waals surface area contributed by atoms with Gasteiger partial charge in [0, 0.05) is 32.4 Å². The van der Waals surface area contributed by atoms with Gasteiger partial charge in [-0.15, -0.1) is 0 Å². The Hall–Kier alpha value is -2.15. The van der Waals surface area contributed by atoms with Crippen molar-refractivity contribution in [2.45, 2.75) is 6.92 Å². The number of rotatable bonds is 5. The van der Waals surface area contributed by atoms with Gasteiger partial charge in [0.2, 0.25) is 5.91 Å². The highest BCUT2D eigenvalue weighted by Crippen LogP contribution is 2.36. The third kappa shape index (κ3) is 3.41. The summed E-state index contributed by atoms with van der Waals surface area (Å²) in [7, 11) is 0. The molecule has 2 aromatic rings. The number of nitrogens with zero attached hydrogens (tertiary/aromatic N) is 2. The van der Waals surface area contributed by atoms with Crippen molar-refractivity contribution in [3.05, 3.63) is 24.5 Å². The van der Waals surface area contributed by atoms with Crippen molar-refractivity contribution in [2.24, 2.45) is 0 Å². The molecule has 0 aliphatic rings. The van der Waals surface area contributed by atoms with Crippen molar-refractivity contribution in [1.29, 1.82) is 0 Å². The molecule has 1 amide bonds. The number of nitrogens with two attached hydrogens (primary N) is 1. The van der Waals surface area contributed by atoms with E-state index in [1.165, 1.54) is 18.5 Å². The minimum Gasteiger partial charge on any atom is -0.382 e. The van der Waals surface area contributed by atoms with E-state index in [0.29, 0.717) is 18.9 Å². The van der Waals surface area contributed by atoms with Crippen LogP contribution in [0.25, 0.3) is 11.1 Å². The fourth-order valence-corrected chi connectivity index (χ4v) is 2.40. The molecule has 19 heavy (non-hydrogen) atoms. The third-order valence-corrected chi connectivity index (χ3v) is 3.29. The Labute approximate surface area is 115 Å². The number of hydrogen-bond acceptors (Lipinski definition) is 6. The summed E-state index contributed by atoms with van der Waals surface area (Å²) >= 11 is 1.31. The van der Waals surface area contributed by atoms with Crippen LogP contribution >= 0.6 is 11.5 Å². The first-order valence-corrected chi connectivity index (χ1v) is 6.59. The smallest absolute Gasteiger partial charge is 0.216 e. The van der Waals surface area contributed by atoms with Crippen molar-refractivity contribution in [3.63, 3.8) is 0 Å². The molecule has 7 heteroatoms. The van der Waals surface area contributed by atoms with Gasteiger partial charge < -0.3 is 16.4 Å². The van der Waals surface area contributed by atoms with Crippen molar-refractivity contribution in [1.82, 2.24) is 14.7 Å². The van der Waals surface area contributed by atoms with Gasteiger partial charge in [-0.1, -0.05) is 0 Å². The summed E-state index contributed by atoms with van der Waals surface area (Å²) in [4.78, 5) is 14.8. The second kappa shape index (κ2) is 6.14. The second-order valence-corrected chi connectivity index (χ2v) is 4.69. The van der Waals surface area contributed by atoms with Gasteiger partial charge in [0.05, 0.1) is 5.56 Å². The van der Waals surface area contributed by atoms with Gasteiger partial charge in [-0.05, 0) is 29.2 Å². The van der Waals surface area contributed by atoms with E-state index in [-0.39, 0.29) is 5.91 Å². The largest absolute Gasteiger partial charge is 0.382 e. The van der Waals surface area contributed by atoms with Crippen molar-refractivity contribution in [2.75, 3.05) is 24.1 Å². The monoisotopic (exact) mass is 277 g/mol. The molecule has 0 aliphatic heterocycles. The first-order valence-electron chi connectivity index (χ1n) is 5.82. The number of carbonyl (C=O) groups excluding carboxylic acids is 1. The van der Waals surface area contributed by atoms with Crippen LogP contribution in [0.1, 0.15) is 6.92 Å². The Bertz CT molecular complexity index is 555. The van der Waals surface area contributed by atoms with Crippen LogP contribution in [-0.2, 0) is 4.79 Å². The molecule has 100 valence electrons. The molecule has 0 aromatic carbocycles. The van der Waals surface area contributed by atoms with Gasteiger partial charge in [-0.3, -0.25) is 9.78 Å². The van der Waals surface area contributed by atoms with E-state index in [2.05, 4.69) is 20.0 Å². The maximum atomic E-state index is 10.8. The average Bonchev–Trinajstić information content (AvgIpc) is 2.77. The van der Waals surface area contributed by atoms with Crippen LogP contribution < -0.4 is 16.4 Å². The molecule has 0 saturated carbocycles. The van der Waals surface area contributed by atoms with Crippen LogP contribution in [0.5, 0.6) is 0 Å². The molecule has 2 heterocycles. The van der Waals surface area contributed by atoms with Crippen LogP contribution in [0, 0.1) is 0 Å². The van der Waals surface area contributed by atoms with E-state index in [9.17, 15) is 4.79 Å². The molecule has 6 nitrogen and oxygen atoms in total. The van der Waals surface area contributed by atoms with E-state index >= 15 is 0 Å². The Balaban J connectivity index is 2.08. The molecule has 0 aliphatic carbocycles. The van der Waals surface area contributed by atoms with Gasteiger partial charge in [0.25, 0.3) is 0 Å². The molecule has 0 unspecified atom stereocenters. The lowest BCUT2D eigenvalue weighted by atomic mass is 10.1. The fraction of sp³-hybridized carbons (Fsp3) is 0.250. The van der Waals surface area contributed by atoms with Crippen LogP contribution in [0.4, 0.5) is 10.8 Å². The van der Waals surface area contributed by atoms with E-state index in [1.54, 1.807) is 12.4 Å². The van der Waals surface area contributed by atoms with Crippen LogP contribution in [0.3, 0.4) is 0 Å². The number of hydrogen-bond donors (Lipinski definition) is 3. The highest BCUT2D eigenvalue weighted by molar-refractivity contribution is 7.11. The number of carbonyl (C=O) groups is 1. The zero-order valence-corrected chi connectivity index (χ0v) is 11.3. The van der Waals surface area contributed by atoms with Gasteiger partial charge >= 0.3 is 0 Å². The number of aromatic nitrogens is 2. The van der Waals surface area contributed by atoms with Gasteiger partial charge in [0.1, 0.15) is 10.8 Å². The first kappa shape index (κ1) is 13.3. The predicted molar refractivity (Wildman–Crippen MR) is 76.9 cm³/mol. The highest BCUT2D eigenvalue weighted by Gasteiger charge is 2.12. The van der Waals surface area contributed by atoms with Crippen molar-refractivity contribution in [3.8, 4) is 11.1 Å². The number of pyridine rings is 1. The Kier molecular flexibility index (Phi) is 4.30. The lowest BCUT2D eigenvalue weighted by Gasteiger charge is -2.07. The number of anilines is 2. The molecule has 0 saturated heterocycles. The molecular weight excluding hydrogens is 262 g/mol. The zero-order chi connectivity index (χ0) is 13.7. The Morgan fingerprint density at radius 1 is 1.37 bits per heavy atom. The summed E-state index contributed by atoms with van der Waals surface area (Å²) in [5.74, 6) is 0.457. The minimum absolute atomic E-state index is 0.0417. The fourth-order valence-electron chi connectivity index (χ4n) is 1.64. The van der Waals surface area contributed by atoms with Crippen LogP contribution in [-0.4, -0.2) is 28.4 Å². The van der Waals surface area contributed by atoms with Gasteiger partial charge in [-0.2, -0.15) is 4.37 Å². The number of amides is 1. The standard InChI is InChI=1S/C12H15N5OS/c1-8(18)15-6-7-16-12-10(11(13)17-19-12)9-2-4-14-5-3-9/h2-5,16H,6-7H2,1H3,(H2,13,17)(H,15,18). The molecule has 0 spiro atoms. The van der Waals surface area contributed by atoms with Crippen LogP contribution in [0.2, 0.25) is 0 Å². The Morgan fingerprint density at radius 3 is 2.79 bits per heavy atom. The van der Waals surface area contributed by atoms with Crippen LogP contribution in [0.15, 0.2) is 24.5 Å². The molecule has 2 rings (SSSR count). The van der Waals surface area contributed by atoms with E-state index in [1.807, 2.05) is 12.1 Å². The number of nitrogen functional groups attached to an aromatic ring is 1. The topological polar surface area (TPSA) is 92.9 Å². The van der Waals surface area contributed by atoms with E-state index in [0.717, 1.165) is 16.1 Å². The van der Waals surface area contributed by atoms with E-state index < -0.39 is 0 Å². The summed E-state index contributed by atoms with van der Waals surface area (Å²) in [5, 5.41) is 6.85. The molecular formula is C12H15N5OS. The maximum Gasteiger partial charge on any atom is 0.216 e. The van der Waals surface area contributed by atoms with Crippen molar-refractivity contribution < 1.29 is 4.79 Å². The van der Waals surface area contributed by atoms with Gasteiger partial charge in [-0.25, -0.2) is 0 Å². The predicted octanol–water partition coefficient (Wildman–Crippen LogP) is 1.34. The normalized spacial score (nSPS) is 10.2. The zero-order valence-electron chi connectivity index (χ0n) is 10.5. The minimum atomic E-state index is -0.0417. The molecule has 0 fully saturated rings. The summed E-state index contributed by atoms with van der Waals surface area (Å²) in [5.41, 5.74) is 7.75. The SMILES string of the molecule is CC(=O)NCCNc1snc(N)c1-c1ccncc1. The third-order valence-electron chi connectivity index (χ3n) is 2.47. The quantitative estimate of drug-likeness (QED) is 0.717. The molecule has 4 N–H and O–H groups in total. The second-order valence-electron chi connectivity index (χ2n) is 3.92. The molecule has 0 atom stereocenters. The van der Waals surface area contributed by atoms with E-state index in [4.69, 9.17) is 5.73 Å². The summed E-state index contributed by atoms with van der Waals surface area (Å²) in [6, 6.07) is 3.78. The first-order chi connectivity index (χ1) is 9.18. The van der Waals surface area contributed by atoms with Gasteiger partial charge in [0.15, 0.2) is 0 Å². The Morgan fingerprint density at radius 2 is 2.11 bits per heavy atom. The lowest BCUT2D eigenvalue weighted by Crippen LogP contribution is -2.26. The van der Waals surface area contributed by atoms with Crippen molar-refractivity contribution >= 4 is 28.3 Å². The number of nitrogens with one attached hydrogen (secondary N) is 2.